The van der Waals surface area contributed by atoms with Gasteiger partial charge in [-0.15, -0.1) is 0 Å². The lowest BCUT2D eigenvalue weighted by Gasteiger charge is -2.03. The minimum absolute atomic E-state index is 0.108. The van der Waals surface area contributed by atoms with E-state index < -0.39 is 10.8 Å². The first-order valence-electron chi connectivity index (χ1n) is 7.66. The van der Waals surface area contributed by atoms with Gasteiger partial charge >= 0.3 is 0 Å². The number of aromatic nitrogens is 1. The predicted octanol–water partition coefficient (Wildman–Crippen LogP) is 2.51. The highest BCUT2D eigenvalue weighted by molar-refractivity contribution is 5.95. The molecule has 26 heavy (non-hydrogen) atoms. The number of nitrogens with zero attached hydrogens (tertiary/aromatic N) is 2. The summed E-state index contributed by atoms with van der Waals surface area (Å²) in [6, 6.07) is 12.4. The fraction of sp³-hybridized carbons (Fsp3) is 0.0556. The Bertz CT molecular complexity index is 1080. The Morgan fingerprint density at radius 3 is 2.65 bits per heavy atom. The number of nitro groups is 1. The number of carbonyl (C=O) groups is 1. The maximum Gasteiger partial charge on any atom is 0.271 e. The van der Waals surface area contributed by atoms with E-state index in [-0.39, 0.29) is 16.8 Å². The van der Waals surface area contributed by atoms with E-state index in [0.29, 0.717) is 5.56 Å². The van der Waals surface area contributed by atoms with Gasteiger partial charge in [0.25, 0.3) is 17.2 Å². The topological polar surface area (TPSA) is 117 Å². The van der Waals surface area contributed by atoms with Crippen molar-refractivity contribution in [1.29, 1.82) is 0 Å². The molecule has 0 fully saturated rings. The van der Waals surface area contributed by atoms with Crippen molar-refractivity contribution in [3.05, 3.63) is 85.7 Å². The minimum Gasteiger partial charge on any atom is -0.321 e. The van der Waals surface area contributed by atoms with E-state index in [2.05, 4.69) is 15.5 Å². The number of aryl methyl sites for hydroxylation is 1. The summed E-state index contributed by atoms with van der Waals surface area (Å²) in [6.07, 6.45) is 1.25. The fourth-order valence-corrected chi connectivity index (χ4v) is 2.46. The molecule has 0 aliphatic rings. The lowest BCUT2D eigenvalue weighted by molar-refractivity contribution is -0.384. The van der Waals surface area contributed by atoms with Crippen molar-refractivity contribution in [3.8, 4) is 0 Å². The summed E-state index contributed by atoms with van der Waals surface area (Å²) in [4.78, 5) is 36.9. The summed E-state index contributed by atoms with van der Waals surface area (Å²) >= 11 is 0. The number of H-pyrrole nitrogens is 1. The number of hydrazone groups is 1. The average molecular weight is 350 g/mol. The van der Waals surface area contributed by atoms with E-state index in [1.165, 1.54) is 30.5 Å². The number of carbonyl (C=O) groups excluding carboxylic acids is 1. The van der Waals surface area contributed by atoms with Crippen molar-refractivity contribution in [2.45, 2.75) is 6.92 Å². The van der Waals surface area contributed by atoms with Gasteiger partial charge in [-0.2, -0.15) is 5.10 Å². The zero-order valence-corrected chi connectivity index (χ0v) is 13.7. The van der Waals surface area contributed by atoms with Crippen molar-refractivity contribution in [2.75, 3.05) is 0 Å². The molecular weight excluding hydrogens is 336 g/mol. The van der Waals surface area contributed by atoms with E-state index in [1.54, 1.807) is 6.07 Å². The van der Waals surface area contributed by atoms with E-state index >= 15 is 0 Å². The Hall–Kier alpha value is -3.81. The third-order valence-electron chi connectivity index (χ3n) is 3.83. The van der Waals surface area contributed by atoms with Crippen LogP contribution in [-0.2, 0) is 0 Å². The lowest BCUT2D eigenvalue weighted by Crippen LogP contribution is -2.19. The second-order valence-corrected chi connectivity index (χ2v) is 5.60. The zero-order chi connectivity index (χ0) is 18.7. The molecule has 2 N–H and O–H groups in total. The highest BCUT2D eigenvalue weighted by atomic mass is 16.6. The molecule has 0 bridgehead atoms. The third kappa shape index (κ3) is 3.48. The number of fused-ring (bicyclic) bond motifs is 1. The fourth-order valence-electron chi connectivity index (χ4n) is 2.46. The number of hydrogen-bond acceptors (Lipinski definition) is 5. The number of amides is 1. The van der Waals surface area contributed by atoms with E-state index in [9.17, 15) is 19.7 Å². The van der Waals surface area contributed by atoms with Crippen molar-refractivity contribution in [3.63, 3.8) is 0 Å². The van der Waals surface area contributed by atoms with Crippen molar-refractivity contribution < 1.29 is 9.72 Å². The molecule has 1 heterocycles. The van der Waals surface area contributed by atoms with Crippen LogP contribution in [0.4, 0.5) is 5.69 Å². The van der Waals surface area contributed by atoms with Crippen LogP contribution in [0, 0.1) is 17.0 Å². The molecule has 0 radical (unpaired) electrons. The molecule has 0 aliphatic carbocycles. The van der Waals surface area contributed by atoms with Crippen LogP contribution in [0.15, 0.2) is 58.4 Å². The molecule has 8 heteroatoms. The lowest BCUT2D eigenvalue weighted by atomic mass is 10.1. The molecule has 0 unspecified atom stereocenters. The molecule has 130 valence electrons. The monoisotopic (exact) mass is 350 g/mol. The van der Waals surface area contributed by atoms with Crippen molar-refractivity contribution in [2.24, 2.45) is 5.10 Å². The Kier molecular flexibility index (Phi) is 4.57. The van der Waals surface area contributed by atoms with Gasteiger partial charge in [-0.1, -0.05) is 18.2 Å². The normalized spacial score (nSPS) is 11.0. The summed E-state index contributed by atoms with van der Waals surface area (Å²) in [5, 5.41) is 15.2. The number of hydrogen-bond donors (Lipinski definition) is 2. The van der Waals surface area contributed by atoms with Crippen LogP contribution in [0.5, 0.6) is 0 Å². The van der Waals surface area contributed by atoms with Gasteiger partial charge in [0.2, 0.25) is 0 Å². The van der Waals surface area contributed by atoms with Crippen LogP contribution in [0.2, 0.25) is 0 Å². The summed E-state index contributed by atoms with van der Waals surface area (Å²) < 4.78 is 0. The van der Waals surface area contributed by atoms with E-state index in [4.69, 9.17) is 0 Å². The average Bonchev–Trinajstić information content (AvgIpc) is 2.63. The number of aromatic amines is 1. The zero-order valence-electron chi connectivity index (χ0n) is 13.7. The summed E-state index contributed by atoms with van der Waals surface area (Å²) in [5.74, 6) is -0.538. The first kappa shape index (κ1) is 17.0. The van der Waals surface area contributed by atoms with Gasteiger partial charge < -0.3 is 4.98 Å². The van der Waals surface area contributed by atoms with Gasteiger partial charge in [-0.25, -0.2) is 5.43 Å². The van der Waals surface area contributed by atoms with Gasteiger partial charge in [-0.05, 0) is 36.1 Å². The minimum atomic E-state index is -0.548. The van der Waals surface area contributed by atoms with Gasteiger partial charge in [0.1, 0.15) is 0 Å². The molecule has 0 spiro atoms. The highest BCUT2D eigenvalue weighted by Crippen LogP contribution is 2.14. The Labute approximate surface area is 147 Å². The number of nitrogens with one attached hydrogen (secondary N) is 2. The molecule has 0 saturated carbocycles. The predicted molar refractivity (Wildman–Crippen MR) is 97.5 cm³/mol. The number of pyridine rings is 1. The maximum absolute atomic E-state index is 12.1. The number of non-ortho nitro benzene ring substituents is 1. The standard InChI is InChI=1S/C18H14N4O4/c1-11-3-2-4-13-9-14(17(23)20-16(11)13)10-19-21-18(24)12-5-7-15(8-6-12)22(25)26/h2-10H,1H3,(H,20,23)(H,21,24)/b19-10+. The molecule has 1 amide bonds. The summed E-state index contributed by atoms with van der Waals surface area (Å²) in [7, 11) is 0. The van der Waals surface area contributed by atoms with Crippen LogP contribution in [0.1, 0.15) is 21.5 Å². The SMILES string of the molecule is Cc1cccc2cc(/C=N/NC(=O)c3ccc([N+](=O)[O-])cc3)c(=O)[nH]c12. The van der Waals surface area contributed by atoms with Crippen LogP contribution in [0.25, 0.3) is 10.9 Å². The quantitative estimate of drug-likeness (QED) is 0.427. The molecule has 0 saturated heterocycles. The van der Waals surface area contributed by atoms with Gasteiger partial charge in [-0.3, -0.25) is 19.7 Å². The van der Waals surface area contributed by atoms with Gasteiger partial charge in [0.05, 0.1) is 22.2 Å². The molecule has 1 aromatic heterocycles. The highest BCUT2D eigenvalue weighted by Gasteiger charge is 2.09. The molecule has 3 aromatic rings. The molecule has 0 atom stereocenters. The van der Waals surface area contributed by atoms with Gasteiger partial charge in [0, 0.05) is 17.7 Å². The third-order valence-corrected chi connectivity index (χ3v) is 3.83. The van der Waals surface area contributed by atoms with Crippen LogP contribution in [0.3, 0.4) is 0 Å². The number of nitro benzene ring substituents is 1. The Balaban J connectivity index is 1.77. The molecule has 0 aliphatic heterocycles. The second kappa shape index (κ2) is 6.98. The number of para-hydroxylation sites is 1. The van der Waals surface area contributed by atoms with Crippen molar-refractivity contribution in [1.82, 2.24) is 10.4 Å². The van der Waals surface area contributed by atoms with Crippen LogP contribution in [-0.4, -0.2) is 22.0 Å². The summed E-state index contributed by atoms with van der Waals surface area (Å²) in [6.45, 7) is 1.90. The Morgan fingerprint density at radius 1 is 1.23 bits per heavy atom. The number of rotatable bonds is 4. The van der Waals surface area contributed by atoms with E-state index in [0.717, 1.165) is 16.5 Å². The Morgan fingerprint density at radius 2 is 1.96 bits per heavy atom. The molecule has 2 aromatic carbocycles. The smallest absolute Gasteiger partial charge is 0.271 e. The molecular formula is C18H14N4O4. The van der Waals surface area contributed by atoms with Crippen LogP contribution >= 0.6 is 0 Å². The molecule has 3 rings (SSSR count). The first-order valence-corrected chi connectivity index (χ1v) is 7.66. The van der Waals surface area contributed by atoms with E-state index in [1.807, 2.05) is 25.1 Å². The summed E-state index contributed by atoms with van der Waals surface area (Å²) in [5.41, 5.74) is 4.09. The number of benzene rings is 2. The second-order valence-electron chi connectivity index (χ2n) is 5.60. The van der Waals surface area contributed by atoms with Crippen molar-refractivity contribution >= 4 is 28.7 Å². The molecule has 8 nitrogen and oxygen atoms in total. The maximum atomic E-state index is 12.1. The van der Waals surface area contributed by atoms with Crippen LogP contribution < -0.4 is 11.0 Å². The van der Waals surface area contributed by atoms with Gasteiger partial charge in [0.15, 0.2) is 0 Å². The largest absolute Gasteiger partial charge is 0.321 e. The first-order chi connectivity index (χ1) is 12.5.